The summed E-state index contributed by atoms with van der Waals surface area (Å²) >= 11 is 0. The van der Waals surface area contributed by atoms with E-state index in [-0.39, 0.29) is 10.7 Å². The highest BCUT2D eigenvalue weighted by molar-refractivity contribution is 7.92. The summed E-state index contributed by atoms with van der Waals surface area (Å²) in [7, 11) is -3.59. The second-order valence-corrected chi connectivity index (χ2v) is 5.42. The molecule has 0 aliphatic rings. The molecule has 0 saturated carbocycles. The number of hydrogen-bond donors (Lipinski definition) is 1. The van der Waals surface area contributed by atoms with Crippen LogP contribution in [-0.4, -0.2) is 13.6 Å². The Bertz CT molecular complexity index is 618. The maximum absolute atomic E-state index is 12.0. The molecular formula is C11H12N2O3S. The Morgan fingerprint density at radius 3 is 2.53 bits per heavy atom. The summed E-state index contributed by atoms with van der Waals surface area (Å²) in [6.45, 7) is 3.79. The van der Waals surface area contributed by atoms with Crippen LogP contribution in [-0.2, 0) is 10.0 Å². The maximum atomic E-state index is 12.0. The van der Waals surface area contributed by atoms with Crippen molar-refractivity contribution in [2.45, 2.75) is 18.7 Å². The molecule has 0 saturated heterocycles. The van der Waals surface area contributed by atoms with Crippen LogP contribution in [0.2, 0.25) is 0 Å². The lowest BCUT2D eigenvalue weighted by atomic mass is 10.1. The van der Waals surface area contributed by atoms with Gasteiger partial charge in [-0.3, -0.25) is 4.72 Å². The lowest BCUT2D eigenvalue weighted by Crippen LogP contribution is -2.13. The van der Waals surface area contributed by atoms with Gasteiger partial charge in [-0.2, -0.15) is 0 Å². The number of sulfonamides is 1. The fraction of sp³-hybridized carbons (Fsp3) is 0.182. The third-order valence-electron chi connectivity index (χ3n) is 2.47. The van der Waals surface area contributed by atoms with Crippen LogP contribution in [0.25, 0.3) is 0 Å². The van der Waals surface area contributed by atoms with Crippen LogP contribution in [0.3, 0.4) is 0 Å². The zero-order valence-corrected chi connectivity index (χ0v) is 10.3. The molecule has 0 spiro atoms. The van der Waals surface area contributed by atoms with Crippen LogP contribution >= 0.6 is 0 Å². The Morgan fingerprint density at radius 2 is 1.94 bits per heavy atom. The van der Waals surface area contributed by atoms with Gasteiger partial charge >= 0.3 is 0 Å². The van der Waals surface area contributed by atoms with E-state index in [9.17, 15) is 8.42 Å². The lowest BCUT2D eigenvalue weighted by Gasteiger charge is -2.07. The summed E-state index contributed by atoms with van der Waals surface area (Å²) in [4.78, 5) is 0.212. The summed E-state index contributed by atoms with van der Waals surface area (Å²) in [5.41, 5.74) is 1.97. The minimum absolute atomic E-state index is 0.170. The first kappa shape index (κ1) is 11.7. The Kier molecular flexibility index (Phi) is 2.89. The van der Waals surface area contributed by atoms with Crippen LogP contribution in [0.1, 0.15) is 11.1 Å². The minimum atomic E-state index is -3.59. The van der Waals surface area contributed by atoms with E-state index in [4.69, 9.17) is 0 Å². The number of anilines is 1. The number of aryl methyl sites for hydroxylation is 2. The predicted octanol–water partition coefficient (Wildman–Crippen LogP) is 2.09. The van der Waals surface area contributed by atoms with Crippen molar-refractivity contribution in [1.82, 2.24) is 5.16 Å². The highest BCUT2D eigenvalue weighted by atomic mass is 32.2. The Morgan fingerprint density at radius 1 is 1.18 bits per heavy atom. The van der Waals surface area contributed by atoms with Gasteiger partial charge in [0.2, 0.25) is 0 Å². The van der Waals surface area contributed by atoms with Gasteiger partial charge < -0.3 is 4.52 Å². The molecule has 1 aromatic heterocycles. The lowest BCUT2D eigenvalue weighted by molar-refractivity contribution is 0.423. The summed E-state index contributed by atoms with van der Waals surface area (Å²) in [6, 6.07) is 6.40. The SMILES string of the molecule is Cc1ccc(S(=O)(=O)Nc2ccon2)cc1C. The van der Waals surface area contributed by atoms with Crippen molar-refractivity contribution in [2.24, 2.45) is 0 Å². The minimum Gasteiger partial charge on any atom is -0.363 e. The first-order valence-corrected chi connectivity index (χ1v) is 6.48. The quantitative estimate of drug-likeness (QED) is 0.907. The second kappa shape index (κ2) is 4.21. The number of nitrogens with one attached hydrogen (secondary N) is 1. The zero-order valence-electron chi connectivity index (χ0n) is 9.47. The van der Waals surface area contributed by atoms with E-state index in [1.807, 2.05) is 13.8 Å². The molecule has 1 aromatic carbocycles. The maximum Gasteiger partial charge on any atom is 0.263 e. The number of rotatable bonds is 3. The smallest absolute Gasteiger partial charge is 0.263 e. The number of hydrogen-bond acceptors (Lipinski definition) is 4. The Hall–Kier alpha value is -1.82. The standard InChI is InChI=1S/C11H12N2O3S/c1-8-3-4-10(7-9(8)2)17(14,15)13-11-5-6-16-12-11/h3-7H,1-2H3,(H,12,13). The molecule has 0 aliphatic carbocycles. The molecule has 0 amide bonds. The molecule has 0 bridgehead atoms. The van der Waals surface area contributed by atoms with E-state index in [2.05, 4.69) is 14.4 Å². The van der Waals surface area contributed by atoms with Crippen molar-refractivity contribution < 1.29 is 12.9 Å². The van der Waals surface area contributed by atoms with E-state index >= 15 is 0 Å². The predicted molar refractivity (Wildman–Crippen MR) is 63.2 cm³/mol. The van der Waals surface area contributed by atoms with Crippen molar-refractivity contribution in [3.05, 3.63) is 41.7 Å². The Balaban J connectivity index is 2.35. The second-order valence-electron chi connectivity index (χ2n) is 3.74. The van der Waals surface area contributed by atoms with Crippen LogP contribution in [0.5, 0.6) is 0 Å². The van der Waals surface area contributed by atoms with Gasteiger partial charge in [0.1, 0.15) is 6.26 Å². The molecule has 0 atom stereocenters. The van der Waals surface area contributed by atoms with Crippen molar-refractivity contribution in [1.29, 1.82) is 0 Å². The summed E-state index contributed by atoms with van der Waals surface area (Å²) in [6.07, 6.45) is 1.30. The fourth-order valence-electron chi connectivity index (χ4n) is 1.34. The first-order valence-electron chi connectivity index (χ1n) is 4.99. The molecule has 1 N–H and O–H groups in total. The number of benzene rings is 1. The van der Waals surface area contributed by atoms with Gasteiger partial charge in [0.15, 0.2) is 5.82 Å². The first-order chi connectivity index (χ1) is 7.99. The van der Waals surface area contributed by atoms with E-state index in [1.54, 1.807) is 18.2 Å². The molecule has 1 heterocycles. The van der Waals surface area contributed by atoms with Crippen LogP contribution in [0.4, 0.5) is 5.82 Å². The molecule has 6 heteroatoms. The zero-order chi connectivity index (χ0) is 12.5. The summed E-state index contributed by atoms with van der Waals surface area (Å²) in [5.74, 6) is 0.170. The summed E-state index contributed by atoms with van der Waals surface area (Å²) in [5, 5.41) is 3.50. The highest BCUT2D eigenvalue weighted by Gasteiger charge is 2.15. The molecule has 2 aromatic rings. The molecule has 0 fully saturated rings. The third kappa shape index (κ3) is 2.47. The highest BCUT2D eigenvalue weighted by Crippen LogP contribution is 2.17. The van der Waals surface area contributed by atoms with Crippen molar-refractivity contribution in [2.75, 3.05) is 4.72 Å². The average Bonchev–Trinajstić information content (AvgIpc) is 2.73. The van der Waals surface area contributed by atoms with Gasteiger partial charge in [0.05, 0.1) is 4.90 Å². The van der Waals surface area contributed by atoms with Gasteiger partial charge in [0, 0.05) is 6.07 Å². The van der Waals surface area contributed by atoms with E-state index < -0.39 is 10.0 Å². The van der Waals surface area contributed by atoms with E-state index in [1.165, 1.54) is 12.3 Å². The van der Waals surface area contributed by atoms with Gasteiger partial charge in [-0.25, -0.2) is 8.42 Å². The molecule has 0 radical (unpaired) electrons. The van der Waals surface area contributed by atoms with Crippen LogP contribution in [0.15, 0.2) is 39.9 Å². The Labute approximate surface area is 99.5 Å². The number of nitrogens with zero attached hydrogens (tertiary/aromatic N) is 1. The average molecular weight is 252 g/mol. The van der Waals surface area contributed by atoms with Crippen molar-refractivity contribution in [3.8, 4) is 0 Å². The van der Waals surface area contributed by atoms with E-state index in [0.29, 0.717) is 0 Å². The molecule has 2 rings (SSSR count). The number of aromatic nitrogens is 1. The van der Waals surface area contributed by atoms with Crippen molar-refractivity contribution in [3.63, 3.8) is 0 Å². The largest absolute Gasteiger partial charge is 0.363 e. The van der Waals surface area contributed by atoms with Crippen molar-refractivity contribution >= 4 is 15.8 Å². The van der Waals surface area contributed by atoms with Gasteiger partial charge in [0.25, 0.3) is 10.0 Å². The van der Waals surface area contributed by atoms with E-state index in [0.717, 1.165) is 11.1 Å². The van der Waals surface area contributed by atoms with Gasteiger partial charge in [-0.1, -0.05) is 11.2 Å². The molecular weight excluding hydrogens is 240 g/mol. The van der Waals surface area contributed by atoms with Crippen LogP contribution < -0.4 is 4.72 Å². The topological polar surface area (TPSA) is 72.2 Å². The van der Waals surface area contributed by atoms with Crippen LogP contribution in [0, 0.1) is 13.8 Å². The molecule has 5 nitrogen and oxygen atoms in total. The molecule has 0 unspecified atom stereocenters. The molecule has 0 aliphatic heterocycles. The fourth-order valence-corrected chi connectivity index (χ4v) is 2.42. The summed E-state index contributed by atoms with van der Waals surface area (Å²) < 4.78 is 30.8. The molecule has 90 valence electrons. The van der Waals surface area contributed by atoms with Gasteiger partial charge in [-0.05, 0) is 37.1 Å². The normalized spacial score (nSPS) is 11.4. The monoisotopic (exact) mass is 252 g/mol. The third-order valence-corrected chi connectivity index (χ3v) is 3.82. The van der Waals surface area contributed by atoms with Gasteiger partial charge in [-0.15, -0.1) is 0 Å². The molecule has 17 heavy (non-hydrogen) atoms.